The molecule has 0 bridgehead atoms. The van der Waals surface area contributed by atoms with Gasteiger partial charge in [0.25, 0.3) is 0 Å². The molecule has 0 atom stereocenters. The molecule has 1 aromatic carbocycles. The second kappa shape index (κ2) is 5.88. The zero-order chi connectivity index (χ0) is 11.3. The summed E-state index contributed by atoms with van der Waals surface area (Å²) in [6, 6.07) is 3.61. The minimum Gasteiger partial charge on any atom is -0.492 e. The number of carbonyl (C=O) groups is 1. The molecule has 0 unspecified atom stereocenters. The van der Waals surface area contributed by atoms with E-state index in [4.69, 9.17) is 9.84 Å². The van der Waals surface area contributed by atoms with E-state index in [1.54, 1.807) is 6.07 Å². The highest BCUT2D eigenvalue weighted by molar-refractivity contribution is 9.10. The van der Waals surface area contributed by atoms with E-state index in [0.29, 0.717) is 24.3 Å². The normalized spacial score (nSPS) is 10.1. The maximum atomic E-state index is 10.8. The molecule has 1 N–H and O–H groups in total. The van der Waals surface area contributed by atoms with Gasteiger partial charge in [0.2, 0.25) is 0 Å². The molecule has 0 amide bonds. The van der Waals surface area contributed by atoms with Crippen molar-refractivity contribution in [2.24, 2.45) is 0 Å². The summed E-state index contributed by atoms with van der Waals surface area (Å²) in [4.78, 5) is 10.8. The number of aldehydes is 1. The van der Waals surface area contributed by atoms with Crippen LogP contribution in [-0.2, 0) is 0 Å². The van der Waals surface area contributed by atoms with Crippen molar-refractivity contribution in [1.29, 1.82) is 0 Å². The van der Waals surface area contributed by atoms with Crippen LogP contribution >= 0.6 is 15.9 Å². The Morgan fingerprint density at radius 1 is 1.53 bits per heavy atom. The molecule has 1 aromatic rings. The Morgan fingerprint density at radius 3 is 2.87 bits per heavy atom. The van der Waals surface area contributed by atoms with Crippen LogP contribution in [0.25, 0.3) is 0 Å². The first-order valence-electron chi connectivity index (χ1n) is 4.68. The lowest BCUT2D eigenvalue weighted by Gasteiger charge is -2.11. The number of hydrogen-bond acceptors (Lipinski definition) is 3. The molecular formula is C11H13BrO3. The number of aryl methyl sites for hydroxylation is 1. The molecule has 15 heavy (non-hydrogen) atoms. The molecule has 0 spiro atoms. The van der Waals surface area contributed by atoms with Crippen molar-refractivity contribution in [1.82, 2.24) is 0 Å². The molecule has 4 heteroatoms. The molecule has 1 rings (SSSR count). The van der Waals surface area contributed by atoms with Gasteiger partial charge >= 0.3 is 0 Å². The zero-order valence-electron chi connectivity index (χ0n) is 8.50. The molecular weight excluding hydrogens is 260 g/mol. The van der Waals surface area contributed by atoms with Gasteiger partial charge in [0.15, 0.2) is 6.29 Å². The summed E-state index contributed by atoms with van der Waals surface area (Å²) in [6.45, 7) is 2.39. The van der Waals surface area contributed by atoms with E-state index in [2.05, 4.69) is 15.9 Å². The number of halogens is 1. The molecule has 0 saturated carbocycles. The first kappa shape index (κ1) is 12.2. The summed E-state index contributed by atoms with van der Waals surface area (Å²) in [5, 5.41) is 8.63. The molecule has 0 aliphatic carbocycles. The standard InChI is InChI=1S/C11H13BrO3/c1-8-5-10(12)6-9(7-14)11(8)15-4-2-3-13/h5-7,13H,2-4H2,1H3. The fraction of sp³-hybridized carbons (Fsp3) is 0.364. The summed E-state index contributed by atoms with van der Waals surface area (Å²) in [6.07, 6.45) is 1.33. The predicted molar refractivity (Wildman–Crippen MR) is 61.5 cm³/mol. The highest BCUT2D eigenvalue weighted by Crippen LogP contribution is 2.26. The van der Waals surface area contributed by atoms with E-state index in [-0.39, 0.29) is 6.61 Å². The summed E-state index contributed by atoms with van der Waals surface area (Å²) >= 11 is 3.32. The fourth-order valence-electron chi connectivity index (χ4n) is 1.28. The number of benzene rings is 1. The van der Waals surface area contributed by atoms with Crippen molar-refractivity contribution < 1.29 is 14.6 Å². The zero-order valence-corrected chi connectivity index (χ0v) is 10.1. The van der Waals surface area contributed by atoms with Crippen LogP contribution in [0.4, 0.5) is 0 Å². The SMILES string of the molecule is Cc1cc(Br)cc(C=O)c1OCCCO. The maximum absolute atomic E-state index is 10.8. The predicted octanol–water partition coefficient (Wildman–Crippen LogP) is 2.33. The fourth-order valence-corrected chi connectivity index (χ4v) is 1.87. The first-order valence-corrected chi connectivity index (χ1v) is 5.47. The second-order valence-corrected chi connectivity index (χ2v) is 4.10. The third kappa shape index (κ3) is 3.32. The smallest absolute Gasteiger partial charge is 0.153 e. The highest BCUT2D eigenvalue weighted by Gasteiger charge is 2.07. The number of ether oxygens (including phenoxy) is 1. The lowest BCUT2D eigenvalue weighted by atomic mass is 10.1. The van der Waals surface area contributed by atoms with Gasteiger partial charge < -0.3 is 9.84 Å². The summed E-state index contributed by atoms with van der Waals surface area (Å²) in [7, 11) is 0. The molecule has 0 saturated heterocycles. The van der Waals surface area contributed by atoms with Crippen molar-refractivity contribution in [3.8, 4) is 5.75 Å². The van der Waals surface area contributed by atoms with E-state index < -0.39 is 0 Å². The molecule has 0 radical (unpaired) electrons. The van der Waals surface area contributed by atoms with E-state index in [1.165, 1.54) is 0 Å². The Hall–Kier alpha value is -0.870. The lowest BCUT2D eigenvalue weighted by Crippen LogP contribution is -2.03. The Morgan fingerprint density at radius 2 is 2.27 bits per heavy atom. The third-order valence-electron chi connectivity index (χ3n) is 1.94. The first-order chi connectivity index (χ1) is 7.19. The third-order valence-corrected chi connectivity index (χ3v) is 2.40. The monoisotopic (exact) mass is 272 g/mol. The summed E-state index contributed by atoms with van der Waals surface area (Å²) < 4.78 is 6.30. The number of carbonyl (C=O) groups excluding carboxylic acids is 1. The summed E-state index contributed by atoms with van der Waals surface area (Å²) in [5.74, 6) is 0.599. The van der Waals surface area contributed by atoms with Gasteiger partial charge in [0.05, 0.1) is 12.2 Å². The van der Waals surface area contributed by atoms with Crippen LogP contribution < -0.4 is 4.74 Å². The van der Waals surface area contributed by atoms with E-state index in [0.717, 1.165) is 16.3 Å². The quantitative estimate of drug-likeness (QED) is 0.661. The van der Waals surface area contributed by atoms with E-state index in [9.17, 15) is 4.79 Å². The van der Waals surface area contributed by atoms with Gasteiger partial charge in [0, 0.05) is 17.5 Å². The number of aliphatic hydroxyl groups excluding tert-OH is 1. The van der Waals surface area contributed by atoms with Crippen LogP contribution in [0.3, 0.4) is 0 Å². The average Bonchev–Trinajstić information content (AvgIpc) is 2.20. The molecule has 0 aromatic heterocycles. The minimum atomic E-state index is 0.0893. The van der Waals surface area contributed by atoms with Gasteiger partial charge in [0.1, 0.15) is 5.75 Å². The van der Waals surface area contributed by atoms with Gasteiger partial charge in [-0.2, -0.15) is 0 Å². The highest BCUT2D eigenvalue weighted by atomic mass is 79.9. The van der Waals surface area contributed by atoms with Gasteiger partial charge in [-0.25, -0.2) is 0 Å². The number of hydrogen-bond donors (Lipinski definition) is 1. The van der Waals surface area contributed by atoms with Crippen LogP contribution in [0.15, 0.2) is 16.6 Å². The second-order valence-electron chi connectivity index (χ2n) is 3.18. The molecule has 0 heterocycles. The van der Waals surface area contributed by atoms with Gasteiger partial charge in [-0.05, 0) is 24.6 Å². The van der Waals surface area contributed by atoms with Gasteiger partial charge in [-0.1, -0.05) is 15.9 Å². The molecule has 0 fully saturated rings. The number of aliphatic hydroxyl groups is 1. The van der Waals surface area contributed by atoms with Crippen LogP contribution in [0.1, 0.15) is 22.3 Å². The van der Waals surface area contributed by atoms with Crippen molar-refractivity contribution in [3.63, 3.8) is 0 Å². The summed E-state index contributed by atoms with van der Waals surface area (Å²) in [5.41, 5.74) is 1.43. The van der Waals surface area contributed by atoms with Crippen molar-refractivity contribution >= 4 is 22.2 Å². The van der Waals surface area contributed by atoms with Crippen LogP contribution in [0.5, 0.6) is 5.75 Å². The Balaban J connectivity index is 2.89. The van der Waals surface area contributed by atoms with Crippen LogP contribution in [-0.4, -0.2) is 24.6 Å². The van der Waals surface area contributed by atoms with Crippen LogP contribution in [0, 0.1) is 6.92 Å². The van der Waals surface area contributed by atoms with E-state index >= 15 is 0 Å². The van der Waals surface area contributed by atoms with Crippen LogP contribution in [0.2, 0.25) is 0 Å². The topological polar surface area (TPSA) is 46.5 Å². The van der Waals surface area contributed by atoms with Crippen molar-refractivity contribution in [2.75, 3.05) is 13.2 Å². The molecule has 0 aliphatic rings. The number of rotatable bonds is 5. The average molecular weight is 273 g/mol. The lowest BCUT2D eigenvalue weighted by molar-refractivity contribution is 0.111. The van der Waals surface area contributed by atoms with Gasteiger partial charge in [-0.3, -0.25) is 4.79 Å². The van der Waals surface area contributed by atoms with Crippen molar-refractivity contribution in [2.45, 2.75) is 13.3 Å². The molecule has 3 nitrogen and oxygen atoms in total. The molecule has 0 aliphatic heterocycles. The molecule has 82 valence electrons. The minimum absolute atomic E-state index is 0.0893. The maximum Gasteiger partial charge on any atom is 0.153 e. The Kier molecular flexibility index (Phi) is 4.78. The Labute approximate surface area is 97.2 Å². The van der Waals surface area contributed by atoms with Gasteiger partial charge in [-0.15, -0.1) is 0 Å². The van der Waals surface area contributed by atoms with Crippen molar-refractivity contribution in [3.05, 3.63) is 27.7 Å². The Bertz CT molecular complexity index is 350. The largest absolute Gasteiger partial charge is 0.492 e. The van der Waals surface area contributed by atoms with E-state index in [1.807, 2.05) is 13.0 Å².